The van der Waals surface area contributed by atoms with Gasteiger partial charge >= 0.3 is 0 Å². The number of carbonyl (C=O) groups excluding carboxylic acids is 1. The SMILES string of the molecule is C[C@H](c1ccccc1)n1c(C(=O)N[C@@H]2C[C@H]3CC[C@H]2C3)cc2ccsc21. The molecule has 3 aromatic rings. The van der Waals surface area contributed by atoms with Crippen LogP contribution in [0.25, 0.3) is 10.2 Å². The van der Waals surface area contributed by atoms with Crippen LogP contribution in [0, 0.1) is 11.8 Å². The molecule has 2 saturated carbocycles. The topological polar surface area (TPSA) is 34.0 Å². The Hall–Kier alpha value is -2.07. The van der Waals surface area contributed by atoms with Gasteiger partial charge in [-0.25, -0.2) is 0 Å². The van der Waals surface area contributed by atoms with Crippen molar-refractivity contribution >= 4 is 27.5 Å². The van der Waals surface area contributed by atoms with Gasteiger partial charge in [-0.3, -0.25) is 4.79 Å². The van der Waals surface area contributed by atoms with Gasteiger partial charge in [0.25, 0.3) is 5.91 Å². The Kier molecular flexibility index (Phi) is 3.89. The molecule has 1 aromatic carbocycles. The summed E-state index contributed by atoms with van der Waals surface area (Å²) in [6.07, 6.45) is 5.11. The van der Waals surface area contributed by atoms with Crippen molar-refractivity contribution in [2.24, 2.45) is 11.8 Å². The van der Waals surface area contributed by atoms with Crippen molar-refractivity contribution in [3.63, 3.8) is 0 Å². The van der Waals surface area contributed by atoms with E-state index in [1.807, 2.05) is 6.07 Å². The maximum atomic E-state index is 13.2. The molecule has 1 N–H and O–H groups in total. The number of carbonyl (C=O) groups is 1. The Labute approximate surface area is 158 Å². The molecule has 0 radical (unpaired) electrons. The highest BCUT2D eigenvalue weighted by molar-refractivity contribution is 7.16. The van der Waals surface area contributed by atoms with Gasteiger partial charge in [0, 0.05) is 11.4 Å². The van der Waals surface area contributed by atoms with E-state index in [2.05, 4.69) is 58.6 Å². The second-order valence-electron chi connectivity index (χ2n) is 7.92. The molecule has 4 atom stereocenters. The number of nitrogens with zero attached hydrogens (tertiary/aromatic N) is 1. The third kappa shape index (κ3) is 2.59. The Morgan fingerprint density at radius 3 is 2.77 bits per heavy atom. The van der Waals surface area contributed by atoms with Crippen LogP contribution < -0.4 is 5.32 Å². The minimum Gasteiger partial charge on any atom is -0.348 e. The van der Waals surface area contributed by atoms with Crippen molar-refractivity contribution in [2.45, 2.75) is 44.7 Å². The van der Waals surface area contributed by atoms with E-state index >= 15 is 0 Å². The van der Waals surface area contributed by atoms with E-state index in [0.717, 1.165) is 17.0 Å². The van der Waals surface area contributed by atoms with Crippen molar-refractivity contribution in [2.75, 3.05) is 0 Å². The van der Waals surface area contributed by atoms with Gasteiger partial charge in [0.1, 0.15) is 10.5 Å². The van der Waals surface area contributed by atoms with Crippen LogP contribution in [-0.2, 0) is 0 Å². The first-order valence-electron chi connectivity index (χ1n) is 9.65. The fourth-order valence-electron chi connectivity index (χ4n) is 5.05. The lowest BCUT2D eigenvalue weighted by atomic mass is 9.95. The zero-order valence-electron chi connectivity index (χ0n) is 15.0. The quantitative estimate of drug-likeness (QED) is 0.676. The summed E-state index contributed by atoms with van der Waals surface area (Å²) >= 11 is 1.71. The van der Waals surface area contributed by atoms with Crippen LogP contribution in [0.3, 0.4) is 0 Å². The summed E-state index contributed by atoms with van der Waals surface area (Å²) in [4.78, 5) is 14.4. The van der Waals surface area contributed by atoms with E-state index < -0.39 is 0 Å². The first-order chi connectivity index (χ1) is 12.7. The van der Waals surface area contributed by atoms with Gasteiger partial charge in [-0.2, -0.15) is 0 Å². The maximum absolute atomic E-state index is 13.2. The highest BCUT2D eigenvalue weighted by Gasteiger charge is 2.40. The number of amides is 1. The molecule has 1 amide bonds. The van der Waals surface area contributed by atoms with E-state index in [0.29, 0.717) is 12.0 Å². The molecule has 3 nitrogen and oxygen atoms in total. The number of nitrogens with one attached hydrogen (secondary N) is 1. The number of benzene rings is 1. The van der Waals surface area contributed by atoms with Gasteiger partial charge in [0.2, 0.25) is 0 Å². The summed E-state index contributed by atoms with van der Waals surface area (Å²) in [7, 11) is 0. The van der Waals surface area contributed by atoms with Crippen molar-refractivity contribution in [1.29, 1.82) is 0 Å². The zero-order chi connectivity index (χ0) is 17.7. The van der Waals surface area contributed by atoms with E-state index in [-0.39, 0.29) is 11.9 Å². The molecule has 2 aliphatic carbocycles. The van der Waals surface area contributed by atoms with Gasteiger partial charge in [0.15, 0.2) is 0 Å². The zero-order valence-corrected chi connectivity index (χ0v) is 15.8. The number of rotatable bonds is 4. The van der Waals surface area contributed by atoms with Crippen LogP contribution >= 0.6 is 11.3 Å². The van der Waals surface area contributed by atoms with Crippen LogP contribution in [0.15, 0.2) is 47.8 Å². The molecule has 0 unspecified atom stereocenters. The van der Waals surface area contributed by atoms with Gasteiger partial charge in [0.05, 0.1) is 6.04 Å². The first-order valence-corrected chi connectivity index (χ1v) is 10.5. The fourth-order valence-corrected chi connectivity index (χ4v) is 6.02. The van der Waals surface area contributed by atoms with Crippen molar-refractivity contribution in [3.8, 4) is 0 Å². The third-order valence-electron chi connectivity index (χ3n) is 6.40. The van der Waals surface area contributed by atoms with Crippen LogP contribution in [0.2, 0.25) is 0 Å². The van der Waals surface area contributed by atoms with Crippen molar-refractivity contribution in [3.05, 3.63) is 59.1 Å². The van der Waals surface area contributed by atoms with E-state index in [1.54, 1.807) is 11.3 Å². The molecule has 134 valence electrons. The summed E-state index contributed by atoms with van der Waals surface area (Å²) in [5, 5.41) is 6.64. The van der Waals surface area contributed by atoms with Crippen molar-refractivity contribution < 1.29 is 4.79 Å². The van der Waals surface area contributed by atoms with Gasteiger partial charge in [-0.05, 0) is 61.1 Å². The average molecular weight is 365 g/mol. The molecule has 4 heteroatoms. The lowest BCUT2D eigenvalue weighted by Crippen LogP contribution is -2.39. The standard InChI is InChI=1S/C22H24N2OS/c1-14(16-5-3-2-4-6-16)24-20(13-18-9-10-26-22(18)24)21(25)23-19-12-15-7-8-17(19)11-15/h2-6,9-10,13-15,17,19H,7-8,11-12H2,1H3,(H,23,25)/t14-,15+,17+,19-/m1/s1. The molecule has 2 fully saturated rings. The Balaban J connectivity index is 1.49. The molecule has 5 rings (SSSR count). The molecule has 0 spiro atoms. The number of aromatic nitrogens is 1. The number of hydrogen-bond acceptors (Lipinski definition) is 2. The predicted octanol–water partition coefficient (Wildman–Crippen LogP) is 5.23. The van der Waals surface area contributed by atoms with Crippen LogP contribution in [0.4, 0.5) is 0 Å². The van der Waals surface area contributed by atoms with Crippen LogP contribution in [-0.4, -0.2) is 16.5 Å². The summed E-state index contributed by atoms with van der Waals surface area (Å²) in [5.74, 6) is 1.62. The molecule has 0 aliphatic heterocycles. The molecule has 2 aliphatic rings. The van der Waals surface area contributed by atoms with E-state index in [9.17, 15) is 4.79 Å². The van der Waals surface area contributed by atoms with Gasteiger partial charge in [-0.1, -0.05) is 36.8 Å². The first kappa shape index (κ1) is 16.1. The summed E-state index contributed by atoms with van der Waals surface area (Å²) < 4.78 is 2.22. The monoisotopic (exact) mass is 364 g/mol. The smallest absolute Gasteiger partial charge is 0.268 e. The Bertz CT molecular complexity index is 942. The van der Waals surface area contributed by atoms with Gasteiger partial charge < -0.3 is 9.88 Å². The molecule has 2 aromatic heterocycles. The fraction of sp³-hybridized carbons (Fsp3) is 0.409. The second-order valence-corrected chi connectivity index (χ2v) is 8.82. The van der Waals surface area contributed by atoms with Gasteiger partial charge in [-0.15, -0.1) is 11.3 Å². The molecule has 2 heterocycles. The van der Waals surface area contributed by atoms with E-state index in [4.69, 9.17) is 0 Å². The Morgan fingerprint density at radius 1 is 1.19 bits per heavy atom. The van der Waals surface area contributed by atoms with Crippen LogP contribution in [0.5, 0.6) is 0 Å². The predicted molar refractivity (Wildman–Crippen MR) is 107 cm³/mol. The van der Waals surface area contributed by atoms with E-state index in [1.165, 1.54) is 36.1 Å². The summed E-state index contributed by atoms with van der Waals surface area (Å²) in [5.41, 5.74) is 2.03. The number of thiophene rings is 1. The molecular formula is C22H24N2OS. The summed E-state index contributed by atoms with van der Waals surface area (Å²) in [6.45, 7) is 2.18. The normalized spacial score (nSPS) is 25.7. The molecule has 26 heavy (non-hydrogen) atoms. The third-order valence-corrected chi connectivity index (χ3v) is 7.33. The number of fused-ring (bicyclic) bond motifs is 3. The lowest BCUT2D eigenvalue weighted by molar-refractivity contribution is 0.0913. The highest BCUT2D eigenvalue weighted by atomic mass is 32.1. The minimum absolute atomic E-state index is 0.0914. The second kappa shape index (κ2) is 6.27. The lowest BCUT2D eigenvalue weighted by Gasteiger charge is -2.24. The highest BCUT2D eigenvalue weighted by Crippen LogP contribution is 2.44. The maximum Gasteiger partial charge on any atom is 0.268 e. The molecular weight excluding hydrogens is 340 g/mol. The van der Waals surface area contributed by atoms with Crippen molar-refractivity contribution in [1.82, 2.24) is 9.88 Å². The van der Waals surface area contributed by atoms with Crippen LogP contribution in [0.1, 0.15) is 54.7 Å². The average Bonchev–Trinajstić information content (AvgIpc) is 3.42. The minimum atomic E-state index is 0.0914. The largest absolute Gasteiger partial charge is 0.348 e. The number of hydrogen-bond donors (Lipinski definition) is 1. The Morgan fingerprint density at radius 2 is 2.04 bits per heavy atom. The molecule has 0 saturated heterocycles. The summed E-state index contributed by atoms with van der Waals surface area (Å²) in [6, 6.07) is 15.1. The molecule has 2 bridgehead atoms.